The van der Waals surface area contributed by atoms with Gasteiger partial charge in [0.15, 0.2) is 0 Å². The third kappa shape index (κ3) is 2.72. The average Bonchev–Trinajstić information content (AvgIpc) is 2.53. The van der Waals surface area contributed by atoms with E-state index in [0.717, 1.165) is 37.6 Å². The number of nitrogens with zero attached hydrogens (tertiary/aromatic N) is 2. The predicted molar refractivity (Wildman–Crippen MR) is 80.8 cm³/mol. The van der Waals surface area contributed by atoms with Crippen molar-refractivity contribution in [2.24, 2.45) is 0 Å². The topological polar surface area (TPSA) is 61.9 Å². The molecule has 2 aromatic rings. The monoisotopic (exact) mass is 269 g/mol. The Morgan fingerprint density at radius 2 is 2.05 bits per heavy atom. The van der Waals surface area contributed by atoms with Crippen LogP contribution < -0.4 is 16.0 Å². The SMILES string of the molecule is CNc1nc2c(c(NCc3ccccc3)n1)CNCC2. The van der Waals surface area contributed by atoms with Gasteiger partial charge in [0.25, 0.3) is 0 Å². The molecule has 3 rings (SSSR count). The Balaban J connectivity index is 1.84. The fraction of sp³-hybridized carbons (Fsp3) is 0.333. The lowest BCUT2D eigenvalue weighted by Gasteiger charge is -2.20. The highest BCUT2D eigenvalue weighted by Gasteiger charge is 2.16. The van der Waals surface area contributed by atoms with Crippen LogP contribution in [0.1, 0.15) is 16.8 Å². The Labute approximate surface area is 118 Å². The van der Waals surface area contributed by atoms with Gasteiger partial charge in [-0.05, 0) is 5.56 Å². The molecular weight excluding hydrogens is 250 g/mol. The fourth-order valence-corrected chi connectivity index (χ4v) is 2.38. The van der Waals surface area contributed by atoms with Crippen molar-refractivity contribution in [3.8, 4) is 0 Å². The maximum atomic E-state index is 4.55. The number of hydrogen-bond donors (Lipinski definition) is 3. The molecule has 0 radical (unpaired) electrons. The molecule has 0 saturated carbocycles. The van der Waals surface area contributed by atoms with Crippen LogP contribution in [0.5, 0.6) is 0 Å². The molecule has 1 aromatic carbocycles. The van der Waals surface area contributed by atoms with Gasteiger partial charge in [-0.2, -0.15) is 4.98 Å². The smallest absolute Gasteiger partial charge is 0.224 e. The Bertz CT molecular complexity index is 582. The summed E-state index contributed by atoms with van der Waals surface area (Å²) < 4.78 is 0. The molecule has 2 heterocycles. The van der Waals surface area contributed by atoms with Gasteiger partial charge >= 0.3 is 0 Å². The standard InChI is InChI=1S/C15H19N5/c1-16-15-19-13-7-8-17-10-12(13)14(20-15)18-9-11-5-3-2-4-6-11/h2-6,17H,7-10H2,1H3,(H2,16,18,19,20). The fourth-order valence-electron chi connectivity index (χ4n) is 2.38. The minimum Gasteiger partial charge on any atom is -0.366 e. The summed E-state index contributed by atoms with van der Waals surface area (Å²) in [6, 6.07) is 10.3. The Morgan fingerprint density at radius 1 is 1.20 bits per heavy atom. The predicted octanol–water partition coefficient (Wildman–Crippen LogP) is 1.78. The molecule has 0 spiro atoms. The lowest BCUT2D eigenvalue weighted by molar-refractivity contribution is 0.628. The molecule has 104 valence electrons. The molecule has 0 atom stereocenters. The van der Waals surface area contributed by atoms with Gasteiger partial charge in [0.2, 0.25) is 5.95 Å². The first-order valence-corrected chi connectivity index (χ1v) is 6.93. The van der Waals surface area contributed by atoms with E-state index in [9.17, 15) is 0 Å². The first-order valence-electron chi connectivity index (χ1n) is 6.93. The number of fused-ring (bicyclic) bond motifs is 1. The minimum absolute atomic E-state index is 0.682. The lowest BCUT2D eigenvalue weighted by Crippen LogP contribution is -2.26. The van der Waals surface area contributed by atoms with Crippen LogP contribution in [0.3, 0.4) is 0 Å². The van der Waals surface area contributed by atoms with E-state index in [-0.39, 0.29) is 0 Å². The third-order valence-electron chi connectivity index (χ3n) is 3.46. The van der Waals surface area contributed by atoms with Crippen molar-refractivity contribution < 1.29 is 0 Å². The number of aromatic nitrogens is 2. The van der Waals surface area contributed by atoms with Gasteiger partial charge in [0.1, 0.15) is 5.82 Å². The molecule has 1 aliphatic rings. The number of nitrogens with one attached hydrogen (secondary N) is 3. The molecule has 3 N–H and O–H groups in total. The molecule has 5 heteroatoms. The molecule has 5 nitrogen and oxygen atoms in total. The third-order valence-corrected chi connectivity index (χ3v) is 3.46. The van der Waals surface area contributed by atoms with E-state index in [2.05, 4.69) is 38.1 Å². The molecule has 0 saturated heterocycles. The zero-order valence-electron chi connectivity index (χ0n) is 11.6. The van der Waals surface area contributed by atoms with Gasteiger partial charge in [-0.15, -0.1) is 0 Å². The van der Waals surface area contributed by atoms with E-state index in [1.54, 1.807) is 0 Å². The minimum atomic E-state index is 0.682. The second-order valence-electron chi connectivity index (χ2n) is 4.84. The summed E-state index contributed by atoms with van der Waals surface area (Å²) in [6.07, 6.45) is 0.951. The number of hydrogen-bond acceptors (Lipinski definition) is 5. The molecule has 1 aliphatic heterocycles. The van der Waals surface area contributed by atoms with Gasteiger partial charge in [0.05, 0.1) is 5.69 Å². The summed E-state index contributed by atoms with van der Waals surface area (Å²) in [5.41, 5.74) is 3.57. The van der Waals surface area contributed by atoms with Crippen LogP contribution in [-0.2, 0) is 19.5 Å². The van der Waals surface area contributed by atoms with Crippen molar-refractivity contribution in [2.45, 2.75) is 19.5 Å². The van der Waals surface area contributed by atoms with E-state index in [0.29, 0.717) is 5.95 Å². The van der Waals surface area contributed by atoms with Crippen molar-refractivity contribution in [3.63, 3.8) is 0 Å². The molecule has 0 amide bonds. The van der Waals surface area contributed by atoms with Crippen molar-refractivity contribution in [3.05, 3.63) is 47.2 Å². The van der Waals surface area contributed by atoms with Crippen molar-refractivity contribution in [1.82, 2.24) is 15.3 Å². The molecule has 0 unspecified atom stereocenters. The summed E-state index contributed by atoms with van der Waals surface area (Å²) in [6.45, 7) is 2.58. The normalized spacial score (nSPS) is 13.7. The van der Waals surface area contributed by atoms with Gasteiger partial charge < -0.3 is 16.0 Å². The first-order chi connectivity index (χ1) is 9.86. The molecule has 0 aliphatic carbocycles. The zero-order valence-corrected chi connectivity index (χ0v) is 11.6. The highest BCUT2D eigenvalue weighted by molar-refractivity contribution is 5.51. The lowest BCUT2D eigenvalue weighted by atomic mass is 10.1. The van der Waals surface area contributed by atoms with E-state index in [4.69, 9.17) is 0 Å². The van der Waals surface area contributed by atoms with E-state index < -0.39 is 0 Å². The summed E-state index contributed by atoms with van der Waals surface area (Å²) in [5, 5.41) is 9.84. The van der Waals surface area contributed by atoms with Crippen molar-refractivity contribution >= 4 is 11.8 Å². The molecule has 20 heavy (non-hydrogen) atoms. The molecular formula is C15H19N5. The van der Waals surface area contributed by atoms with Crippen LogP contribution in [0, 0.1) is 0 Å². The van der Waals surface area contributed by atoms with Gasteiger partial charge in [-0.1, -0.05) is 30.3 Å². The van der Waals surface area contributed by atoms with Crippen LogP contribution >= 0.6 is 0 Å². The second-order valence-corrected chi connectivity index (χ2v) is 4.84. The first kappa shape index (κ1) is 12.9. The summed E-state index contributed by atoms with van der Waals surface area (Å²) >= 11 is 0. The maximum Gasteiger partial charge on any atom is 0.224 e. The highest BCUT2D eigenvalue weighted by atomic mass is 15.1. The Kier molecular flexibility index (Phi) is 3.78. The van der Waals surface area contributed by atoms with Gasteiger partial charge in [-0.25, -0.2) is 4.98 Å². The number of rotatable bonds is 4. The number of anilines is 2. The average molecular weight is 269 g/mol. The van der Waals surface area contributed by atoms with E-state index in [1.807, 2.05) is 25.2 Å². The van der Waals surface area contributed by atoms with Crippen LogP contribution in [0.25, 0.3) is 0 Å². The van der Waals surface area contributed by atoms with Gasteiger partial charge in [0, 0.05) is 38.7 Å². The summed E-state index contributed by atoms with van der Waals surface area (Å²) in [5.74, 6) is 1.61. The number of benzene rings is 1. The molecule has 1 aromatic heterocycles. The van der Waals surface area contributed by atoms with E-state index in [1.165, 1.54) is 11.1 Å². The Hall–Kier alpha value is -2.14. The van der Waals surface area contributed by atoms with Crippen LogP contribution in [-0.4, -0.2) is 23.6 Å². The molecule has 0 fully saturated rings. The zero-order chi connectivity index (χ0) is 13.8. The van der Waals surface area contributed by atoms with Crippen molar-refractivity contribution in [2.75, 3.05) is 24.2 Å². The van der Waals surface area contributed by atoms with Crippen molar-refractivity contribution in [1.29, 1.82) is 0 Å². The quantitative estimate of drug-likeness (QED) is 0.789. The van der Waals surface area contributed by atoms with E-state index >= 15 is 0 Å². The Morgan fingerprint density at radius 3 is 2.85 bits per heavy atom. The summed E-state index contributed by atoms with van der Waals surface area (Å²) in [4.78, 5) is 9.09. The largest absolute Gasteiger partial charge is 0.366 e. The van der Waals surface area contributed by atoms with Crippen LogP contribution in [0.15, 0.2) is 30.3 Å². The highest BCUT2D eigenvalue weighted by Crippen LogP contribution is 2.22. The van der Waals surface area contributed by atoms with Gasteiger partial charge in [-0.3, -0.25) is 0 Å². The second kappa shape index (κ2) is 5.88. The van der Waals surface area contributed by atoms with Crippen LogP contribution in [0.2, 0.25) is 0 Å². The van der Waals surface area contributed by atoms with Crippen LogP contribution in [0.4, 0.5) is 11.8 Å². The molecule has 0 bridgehead atoms. The summed E-state index contributed by atoms with van der Waals surface area (Å²) in [7, 11) is 1.85. The maximum absolute atomic E-state index is 4.55.